The van der Waals surface area contributed by atoms with Gasteiger partial charge in [-0.25, -0.2) is 0 Å². The Morgan fingerprint density at radius 3 is 2.48 bits per heavy atom. The molecule has 3 N–H and O–H groups in total. The Morgan fingerprint density at radius 1 is 1.19 bits per heavy atom. The van der Waals surface area contributed by atoms with E-state index in [-0.39, 0.29) is 12.3 Å². The summed E-state index contributed by atoms with van der Waals surface area (Å²) < 4.78 is 0. The maximum Gasteiger partial charge on any atom is 0.240 e. The van der Waals surface area contributed by atoms with Crippen molar-refractivity contribution in [2.24, 2.45) is 5.73 Å². The third kappa shape index (κ3) is 4.72. The number of carbonyl (C=O) groups excluding carboxylic acids is 2. The van der Waals surface area contributed by atoms with Crippen LogP contribution in [0.3, 0.4) is 0 Å². The van der Waals surface area contributed by atoms with Crippen molar-refractivity contribution in [1.29, 1.82) is 0 Å². The number of primary amides is 1. The lowest BCUT2D eigenvalue weighted by atomic mass is 10.1. The zero-order chi connectivity index (χ0) is 15.2. The van der Waals surface area contributed by atoms with E-state index in [0.29, 0.717) is 6.42 Å². The summed E-state index contributed by atoms with van der Waals surface area (Å²) in [5, 5.41) is 2.72. The number of hydrogen-bond acceptors (Lipinski definition) is 3. The largest absolute Gasteiger partial charge is 0.368 e. The third-order valence-electron chi connectivity index (χ3n) is 3.09. The van der Waals surface area contributed by atoms with E-state index >= 15 is 0 Å². The first kappa shape index (κ1) is 15.3. The van der Waals surface area contributed by atoms with E-state index in [1.807, 2.05) is 49.4 Å². The molecule has 0 aliphatic rings. The lowest BCUT2D eigenvalue weighted by Crippen LogP contribution is -2.46. The van der Waals surface area contributed by atoms with Crippen LogP contribution in [0.5, 0.6) is 0 Å². The molecule has 1 aromatic carbocycles. The van der Waals surface area contributed by atoms with Crippen LogP contribution >= 0.6 is 11.3 Å². The highest BCUT2D eigenvalue weighted by atomic mass is 32.1. The highest BCUT2D eigenvalue weighted by Gasteiger charge is 2.18. The van der Waals surface area contributed by atoms with Gasteiger partial charge in [0.25, 0.3) is 0 Å². The normalized spacial score (nSPS) is 11.9. The topological polar surface area (TPSA) is 72.2 Å². The number of carbonyl (C=O) groups is 2. The van der Waals surface area contributed by atoms with Gasteiger partial charge in [-0.2, -0.15) is 0 Å². The van der Waals surface area contributed by atoms with E-state index in [1.54, 1.807) is 11.3 Å². The molecular weight excluding hydrogens is 284 g/mol. The van der Waals surface area contributed by atoms with Gasteiger partial charge in [0.15, 0.2) is 0 Å². The number of aryl methyl sites for hydroxylation is 1. The summed E-state index contributed by atoms with van der Waals surface area (Å²) in [7, 11) is 0. The minimum absolute atomic E-state index is 0.184. The summed E-state index contributed by atoms with van der Waals surface area (Å²) in [4.78, 5) is 25.7. The fourth-order valence-electron chi connectivity index (χ4n) is 2.06. The molecule has 0 saturated heterocycles. The maximum atomic E-state index is 12.0. The second-order valence-electron chi connectivity index (χ2n) is 4.90. The Hall–Kier alpha value is -2.14. The zero-order valence-corrected chi connectivity index (χ0v) is 12.7. The number of hydrogen-bond donors (Lipinski definition) is 2. The van der Waals surface area contributed by atoms with E-state index in [4.69, 9.17) is 5.73 Å². The van der Waals surface area contributed by atoms with E-state index in [2.05, 4.69) is 5.32 Å². The Labute approximate surface area is 128 Å². The summed E-state index contributed by atoms with van der Waals surface area (Å²) in [5.74, 6) is -0.703. The summed E-state index contributed by atoms with van der Waals surface area (Å²) in [5.41, 5.74) is 6.35. The van der Waals surface area contributed by atoms with Crippen molar-refractivity contribution in [1.82, 2.24) is 5.32 Å². The van der Waals surface area contributed by atoms with Crippen molar-refractivity contribution in [2.75, 3.05) is 0 Å². The molecular formula is C16H18N2O2S. The maximum absolute atomic E-state index is 12.0. The molecule has 0 bridgehead atoms. The molecule has 2 rings (SSSR count). The van der Waals surface area contributed by atoms with Crippen molar-refractivity contribution in [3.63, 3.8) is 0 Å². The molecule has 1 heterocycles. The summed E-state index contributed by atoms with van der Waals surface area (Å²) in [6.45, 7) is 1.99. The van der Waals surface area contributed by atoms with Gasteiger partial charge in [0, 0.05) is 16.2 Å². The Balaban J connectivity index is 1.96. The van der Waals surface area contributed by atoms with Crippen LogP contribution in [0, 0.1) is 6.92 Å². The standard InChI is InChI=1S/C16H18N2O2S/c1-11-7-8-13(21-11)10-15(19)18-14(16(17)20)9-12-5-3-2-4-6-12/h2-8,14H,9-10H2,1H3,(H2,17,20)(H,18,19). The highest BCUT2D eigenvalue weighted by Crippen LogP contribution is 2.15. The predicted molar refractivity (Wildman–Crippen MR) is 84.0 cm³/mol. The second-order valence-corrected chi connectivity index (χ2v) is 6.27. The first-order valence-corrected chi connectivity index (χ1v) is 7.54. The van der Waals surface area contributed by atoms with Crippen LogP contribution in [-0.4, -0.2) is 17.9 Å². The Kier molecular flexibility index (Phi) is 5.11. The number of benzene rings is 1. The molecule has 0 aliphatic heterocycles. The van der Waals surface area contributed by atoms with E-state index in [9.17, 15) is 9.59 Å². The number of nitrogens with two attached hydrogens (primary N) is 1. The quantitative estimate of drug-likeness (QED) is 0.854. The highest BCUT2D eigenvalue weighted by molar-refractivity contribution is 7.12. The van der Waals surface area contributed by atoms with E-state index in [1.165, 1.54) is 0 Å². The molecule has 110 valence electrons. The number of nitrogens with one attached hydrogen (secondary N) is 1. The van der Waals surface area contributed by atoms with E-state index in [0.717, 1.165) is 15.3 Å². The van der Waals surface area contributed by atoms with Gasteiger partial charge in [-0.15, -0.1) is 11.3 Å². The van der Waals surface area contributed by atoms with Crippen LogP contribution in [0.2, 0.25) is 0 Å². The van der Waals surface area contributed by atoms with E-state index < -0.39 is 11.9 Å². The SMILES string of the molecule is Cc1ccc(CC(=O)NC(Cc2ccccc2)C(N)=O)s1. The number of rotatable bonds is 6. The molecule has 1 atom stereocenters. The average Bonchev–Trinajstić information content (AvgIpc) is 2.84. The summed E-state index contributed by atoms with van der Waals surface area (Å²) >= 11 is 1.58. The minimum atomic E-state index is -0.680. The van der Waals surface area contributed by atoms with Crippen molar-refractivity contribution >= 4 is 23.2 Å². The minimum Gasteiger partial charge on any atom is -0.368 e. The van der Waals surface area contributed by atoms with Crippen LogP contribution in [0.25, 0.3) is 0 Å². The summed E-state index contributed by atoms with van der Waals surface area (Å²) in [6, 6.07) is 12.7. The first-order chi connectivity index (χ1) is 10.0. The average molecular weight is 302 g/mol. The van der Waals surface area contributed by atoms with Gasteiger partial charge < -0.3 is 11.1 Å². The molecule has 0 fully saturated rings. The molecule has 0 spiro atoms. The van der Waals surface area contributed by atoms with Crippen molar-refractivity contribution < 1.29 is 9.59 Å². The molecule has 0 saturated carbocycles. The van der Waals surface area contributed by atoms with Gasteiger partial charge >= 0.3 is 0 Å². The molecule has 5 heteroatoms. The molecule has 4 nitrogen and oxygen atoms in total. The second kappa shape index (κ2) is 7.04. The molecule has 0 radical (unpaired) electrons. The lowest BCUT2D eigenvalue weighted by molar-refractivity contribution is -0.126. The monoisotopic (exact) mass is 302 g/mol. The zero-order valence-electron chi connectivity index (χ0n) is 11.8. The van der Waals surface area contributed by atoms with Gasteiger partial charge in [-0.1, -0.05) is 30.3 Å². The van der Waals surface area contributed by atoms with Crippen molar-refractivity contribution in [2.45, 2.75) is 25.8 Å². The van der Waals surface area contributed by atoms with Crippen LogP contribution in [-0.2, 0) is 22.4 Å². The predicted octanol–water partition coefficient (Wildman–Crippen LogP) is 1.81. The van der Waals surface area contributed by atoms with Gasteiger partial charge in [0.2, 0.25) is 11.8 Å². The van der Waals surface area contributed by atoms with Gasteiger partial charge in [-0.3, -0.25) is 9.59 Å². The third-order valence-corrected chi connectivity index (χ3v) is 4.09. The smallest absolute Gasteiger partial charge is 0.240 e. The van der Waals surface area contributed by atoms with Crippen molar-refractivity contribution in [3.05, 3.63) is 57.8 Å². The Bertz CT molecular complexity index is 622. The Morgan fingerprint density at radius 2 is 1.90 bits per heavy atom. The molecule has 21 heavy (non-hydrogen) atoms. The van der Waals surface area contributed by atoms with Crippen molar-refractivity contribution in [3.8, 4) is 0 Å². The fourth-order valence-corrected chi connectivity index (χ4v) is 2.95. The lowest BCUT2D eigenvalue weighted by Gasteiger charge is -2.15. The summed E-state index contributed by atoms with van der Waals surface area (Å²) in [6.07, 6.45) is 0.683. The van der Waals surface area contributed by atoms with Gasteiger partial charge in [-0.05, 0) is 24.6 Å². The molecule has 0 aliphatic carbocycles. The van der Waals surface area contributed by atoms with Crippen LogP contribution in [0.1, 0.15) is 15.3 Å². The van der Waals surface area contributed by atoms with Gasteiger partial charge in [0.05, 0.1) is 6.42 Å². The molecule has 2 aromatic rings. The van der Waals surface area contributed by atoms with Crippen LogP contribution in [0.4, 0.5) is 0 Å². The molecule has 2 amide bonds. The van der Waals surface area contributed by atoms with Crippen LogP contribution < -0.4 is 11.1 Å². The van der Waals surface area contributed by atoms with Gasteiger partial charge in [0.1, 0.15) is 6.04 Å². The first-order valence-electron chi connectivity index (χ1n) is 6.72. The number of amides is 2. The molecule has 1 unspecified atom stereocenters. The molecule has 1 aromatic heterocycles. The fraction of sp³-hybridized carbons (Fsp3) is 0.250. The van der Waals surface area contributed by atoms with Crippen LogP contribution in [0.15, 0.2) is 42.5 Å². The number of thiophene rings is 1.